The van der Waals surface area contributed by atoms with Crippen molar-refractivity contribution in [1.29, 1.82) is 0 Å². The second-order valence-corrected chi connectivity index (χ2v) is 5.37. The number of rotatable bonds is 1. The van der Waals surface area contributed by atoms with Crippen molar-refractivity contribution in [2.24, 2.45) is 5.92 Å². The number of para-hydroxylation sites is 2. The minimum absolute atomic E-state index is 0.537. The first kappa shape index (κ1) is 9.66. The van der Waals surface area contributed by atoms with E-state index in [-0.39, 0.29) is 0 Å². The Balaban J connectivity index is 1.74. The Morgan fingerprint density at radius 1 is 1.18 bits per heavy atom. The van der Waals surface area contributed by atoms with Gasteiger partial charge in [0.2, 0.25) is 0 Å². The molecule has 2 bridgehead atoms. The van der Waals surface area contributed by atoms with Crippen molar-refractivity contribution in [3.8, 4) is 0 Å². The van der Waals surface area contributed by atoms with Crippen LogP contribution in [-0.4, -0.2) is 28.0 Å². The molecule has 5 rings (SSSR count). The van der Waals surface area contributed by atoms with Gasteiger partial charge in [0.25, 0.3) is 0 Å². The molecule has 3 aliphatic rings. The van der Waals surface area contributed by atoms with Gasteiger partial charge in [-0.1, -0.05) is 12.1 Å². The monoisotopic (exact) mass is 227 g/mol. The molecule has 1 atom stereocenters. The third-order valence-electron chi connectivity index (χ3n) is 4.37. The van der Waals surface area contributed by atoms with Gasteiger partial charge in [-0.05, 0) is 50.4 Å². The van der Waals surface area contributed by atoms with E-state index in [0.29, 0.717) is 6.04 Å². The van der Waals surface area contributed by atoms with Crippen LogP contribution in [0.2, 0.25) is 0 Å². The van der Waals surface area contributed by atoms with Crippen LogP contribution in [-0.2, 0) is 0 Å². The second kappa shape index (κ2) is 3.57. The smallest absolute Gasteiger partial charge is 0.124 e. The molecular formula is C14H17N3. The van der Waals surface area contributed by atoms with E-state index in [9.17, 15) is 0 Å². The maximum absolute atomic E-state index is 4.76. The SMILES string of the molecule is c1ccc2[nH]c(C3CC4CCN3CC4)nc2c1. The first-order valence-electron chi connectivity index (χ1n) is 6.59. The van der Waals surface area contributed by atoms with Crippen LogP contribution in [0.25, 0.3) is 11.0 Å². The van der Waals surface area contributed by atoms with Crippen LogP contribution in [0.15, 0.2) is 24.3 Å². The van der Waals surface area contributed by atoms with Gasteiger partial charge in [-0.3, -0.25) is 4.90 Å². The molecule has 3 saturated heterocycles. The Bertz CT molecular complexity index is 504. The Labute approximate surface area is 101 Å². The topological polar surface area (TPSA) is 31.9 Å². The molecule has 0 spiro atoms. The Hall–Kier alpha value is -1.35. The van der Waals surface area contributed by atoms with Gasteiger partial charge in [0.15, 0.2) is 0 Å². The lowest BCUT2D eigenvalue weighted by molar-refractivity contribution is 0.0450. The summed E-state index contributed by atoms with van der Waals surface area (Å²) in [7, 11) is 0. The van der Waals surface area contributed by atoms with Crippen molar-refractivity contribution in [3.05, 3.63) is 30.1 Å². The van der Waals surface area contributed by atoms with Crippen molar-refractivity contribution in [2.75, 3.05) is 13.1 Å². The number of aromatic nitrogens is 2. The molecule has 2 aromatic rings. The normalized spacial score (nSPS) is 32.1. The summed E-state index contributed by atoms with van der Waals surface area (Å²) in [5.74, 6) is 2.11. The van der Waals surface area contributed by atoms with Crippen molar-refractivity contribution in [3.63, 3.8) is 0 Å². The van der Waals surface area contributed by atoms with Gasteiger partial charge in [-0.2, -0.15) is 0 Å². The van der Waals surface area contributed by atoms with Crippen LogP contribution >= 0.6 is 0 Å². The molecule has 1 aromatic carbocycles. The van der Waals surface area contributed by atoms with Crippen molar-refractivity contribution >= 4 is 11.0 Å². The van der Waals surface area contributed by atoms with Crippen LogP contribution in [0.1, 0.15) is 31.1 Å². The number of aromatic amines is 1. The highest BCUT2D eigenvalue weighted by atomic mass is 15.2. The zero-order valence-corrected chi connectivity index (χ0v) is 9.89. The molecule has 1 unspecified atom stereocenters. The zero-order valence-electron chi connectivity index (χ0n) is 9.89. The predicted molar refractivity (Wildman–Crippen MR) is 67.7 cm³/mol. The predicted octanol–water partition coefficient (Wildman–Crippen LogP) is 2.72. The molecule has 0 radical (unpaired) electrons. The van der Waals surface area contributed by atoms with Crippen molar-refractivity contribution in [2.45, 2.75) is 25.3 Å². The first-order chi connectivity index (χ1) is 8.40. The van der Waals surface area contributed by atoms with Crippen LogP contribution in [0.3, 0.4) is 0 Å². The Morgan fingerprint density at radius 2 is 2.00 bits per heavy atom. The average Bonchev–Trinajstić information content (AvgIpc) is 2.83. The van der Waals surface area contributed by atoms with E-state index in [1.807, 2.05) is 0 Å². The van der Waals surface area contributed by atoms with E-state index in [1.165, 1.54) is 43.7 Å². The van der Waals surface area contributed by atoms with Crippen LogP contribution in [0.5, 0.6) is 0 Å². The molecule has 0 saturated carbocycles. The summed E-state index contributed by atoms with van der Waals surface area (Å²) >= 11 is 0. The largest absolute Gasteiger partial charge is 0.341 e. The maximum Gasteiger partial charge on any atom is 0.124 e. The number of fused-ring (bicyclic) bond motifs is 4. The zero-order chi connectivity index (χ0) is 11.2. The molecule has 3 aliphatic heterocycles. The summed E-state index contributed by atoms with van der Waals surface area (Å²) < 4.78 is 0. The average molecular weight is 227 g/mol. The number of imidazole rings is 1. The number of H-pyrrole nitrogens is 1. The van der Waals surface area contributed by atoms with E-state index in [0.717, 1.165) is 11.4 Å². The van der Waals surface area contributed by atoms with Crippen LogP contribution in [0.4, 0.5) is 0 Å². The minimum Gasteiger partial charge on any atom is -0.341 e. The molecule has 88 valence electrons. The molecular weight excluding hydrogens is 210 g/mol. The van der Waals surface area contributed by atoms with Gasteiger partial charge < -0.3 is 4.98 Å². The summed E-state index contributed by atoms with van der Waals surface area (Å²) in [5.41, 5.74) is 2.27. The number of nitrogens with one attached hydrogen (secondary N) is 1. The molecule has 4 heterocycles. The quantitative estimate of drug-likeness (QED) is 0.812. The number of hydrogen-bond acceptors (Lipinski definition) is 2. The summed E-state index contributed by atoms with van der Waals surface area (Å²) in [6, 6.07) is 8.86. The van der Waals surface area contributed by atoms with E-state index in [4.69, 9.17) is 4.98 Å². The van der Waals surface area contributed by atoms with Crippen molar-refractivity contribution < 1.29 is 0 Å². The Morgan fingerprint density at radius 3 is 2.71 bits per heavy atom. The molecule has 17 heavy (non-hydrogen) atoms. The van der Waals surface area contributed by atoms with Crippen LogP contribution in [0, 0.1) is 5.92 Å². The summed E-state index contributed by atoms with van der Waals surface area (Å²) in [6.07, 6.45) is 4.06. The second-order valence-electron chi connectivity index (χ2n) is 5.37. The highest BCUT2D eigenvalue weighted by molar-refractivity contribution is 5.74. The molecule has 0 aliphatic carbocycles. The fraction of sp³-hybridized carbons (Fsp3) is 0.500. The number of nitrogens with zero attached hydrogens (tertiary/aromatic N) is 2. The molecule has 1 N–H and O–H groups in total. The number of benzene rings is 1. The third-order valence-corrected chi connectivity index (χ3v) is 4.37. The highest BCUT2D eigenvalue weighted by Crippen LogP contribution is 2.39. The number of hydrogen-bond donors (Lipinski definition) is 1. The van der Waals surface area contributed by atoms with Crippen LogP contribution < -0.4 is 0 Å². The van der Waals surface area contributed by atoms with Gasteiger partial charge in [0, 0.05) is 0 Å². The Kier molecular flexibility index (Phi) is 2.03. The van der Waals surface area contributed by atoms with Gasteiger partial charge >= 0.3 is 0 Å². The number of piperidine rings is 3. The lowest BCUT2D eigenvalue weighted by atomic mass is 9.83. The molecule has 3 heteroatoms. The maximum atomic E-state index is 4.76. The molecule has 0 amide bonds. The summed E-state index contributed by atoms with van der Waals surface area (Å²) in [5, 5.41) is 0. The first-order valence-corrected chi connectivity index (χ1v) is 6.59. The van der Waals surface area contributed by atoms with Gasteiger partial charge in [-0.25, -0.2) is 4.98 Å². The lowest BCUT2D eigenvalue weighted by Gasteiger charge is -2.44. The van der Waals surface area contributed by atoms with Gasteiger partial charge in [0.05, 0.1) is 17.1 Å². The van der Waals surface area contributed by atoms with E-state index < -0.39 is 0 Å². The van der Waals surface area contributed by atoms with E-state index in [1.54, 1.807) is 0 Å². The molecule has 3 nitrogen and oxygen atoms in total. The highest BCUT2D eigenvalue weighted by Gasteiger charge is 2.35. The fourth-order valence-electron chi connectivity index (χ4n) is 3.38. The minimum atomic E-state index is 0.537. The van der Waals surface area contributed by atoms with Crippen molar-refractivity contribution in [1.82, 2.24) is 14.9 Å². The van der Waals surface area contributed by atoms with E-state index in [2.05, 4.69) is 34.1 Å². The van der Waals surface area contributed by atoms with Gasteiger partial charge in [0.1, 0.15) is 5.82 Å². The third kappa shape index (κ3) is 1.49. The summed E-state index contributed by atoms with van der Waals surface area (Å²) in [6.45, 7) is 2.51. The fourth-order valence-corrected chi connectivity index (χ4v) is 3.38. The van der Waals surface area contributed by atoms with Gasteiger partial charge in [-0.15, -0.1) is 0 Å². The van der Waals surface area contributed by atoms with E-state index >= 15 is 0 Å². The molecule has 3 fully saturated rings. The summed E-state index contributed by atoms with van der Waals surface area (Å²) in [4.78, 5) is 10.9. The molecule has 1 aromatic heterocycles. The standard InChI is InChI=1S/C14H17N3/c1-2-4-12-11(3-1)15-14(16-12)13-9-10-5-7-17(13)8-6-10/h1-4,10,13H,5-9H2,(H,15,16). The lowest BCUT2D eigenvalue weighted by Crippen LogP contribution is -2.44.